The molecular formula is C39H56IrNO2-. The Morgan fingerprint density at radius 2 is 1.35 bits per heavy atom. The number of fused-ring (bicyclic) bond motifs is 1. The second-order valence-electron chi connectivity index (χ2n) is 14.1. The van der Waals surface area contributed by atoms with E-state index in [0.717, 1.165) is 16.8 Å². The zero-order chi connectivity index (χ0) is 32.2. The number of ketones is 1. The van der Waals surface area contributed by atoms with Crippen LogP contribution >= 0.6 is 0 Å². The summed E-state index contributed by atoms with van der Waals surface area (Å²) in [5.41, 5.74) is 5.05. The second kappa shape index (κ2) is 15.6. The van der Waals surface area contributed by atoms with E-state index in [0.29, 0.717) is 5.92 Å². The van der Waals surface area contributed by atoms with Crippen molar-refractivity contribution < 1.29 is 30.0 Å². The maximum absolute atomic E-state index is 12.8. The van der Waals surface area contributed by atoms with Crippen molar-refractivity contribution in [3.63, 3.8) is 0 Å². The van der Waals surface area contributed by atoms with Crippen LogP contribution < -0.4 is 0 Å². The van der Waals surface area contributed by atoms with E-state index in [4.69, 9.17) is 0 Å². The van der Waals surface area contributed by atoms with E-state index in [-0.39, 0.29) is 60.7 Å². The zero-order valence-electron chi connectivity index (χ0n) is 29.1. The van der Waals surface area contributed by atoms with Crippen LogP contribution in [0.4, 0.5) is 0 Å². The van der Waals surface area contributed by atoms with Crippen molar-refractivity contribution in [3.8, 4) is 11.3 Å². The number of carbonyl (C=O) groups is 1. The van der Waals surface area contributed by atoms with E-state index in [1.54, 1.807) is 0 Å². The molecule has 0 aliphatic heterocycles. The zero-order valence-corrected chi connectivity index (χ0v) is 31.5. The molecule has 0 atom stereocenters. The van der Waals surface area contributed by atoms with E-state index < -0.39 is 5.41 Å². The average Bonchev–Trinajstić information content (AvgIpc) is 2.90. The molecule has 0 saturated heterocycles. The van der Waals surface area contributed by atoms with Gasteiger partial charge in [-0.3, -0.25) is 4.79 Å². The number of hydrogen-bond donors (Lipinski definition) is 1. The number of aliphatic hydroxyl groups is 1. The summed E-state index contributed by atoms with van der Waals surface area (Å²) in [6, 6.07) is 16.5. The average molecular weight is 763 g/mol. The molecule has 1 radical (unpaired) electrons. The van der Waals surface area contributed by atoms with Crippen molar-refractivity contribution in [2.24, 2.45) is 34.5 Å². The third-order valence-electron chi connectivity index (χ3n) is 10.0. The van der Waals surface area contributed by atoms with Gasteiger partial charge in [0.05, 0.1) is 0 Å². The summed E-state index contributed by atoms with van der Waals surface area (Å²) in [6.45, 7) is 29.4. The molecule has 239 valence electrons. The van der Waals surface area contributed by atoms with Crippen LogP contribution in [0.15, 0.2) is 54.4 Å². The van der Waals surface area contributed by atoms with Crippen LogP contribution in [-0.4, -0.2) is 15.9 Å². The number of aliphatic hydroxyl groups excluding tert-OH is 1. The number of aryl methyl sites for hydroxylation is 2. The van der Waals surface area contributed by atoms with E-state index in [1.165, 1.54) is 28.0 Å². The number of aromatic nitrogens is 1. The molecule has 0 bridgehead atoms. The van der Waals surface area contributed by atoms with E-state index in [1.807, 2.05) is 20.0 Å². The molecule has 0 aliphatic rings. The molecule has 2 aromatic carbocycles. The van der Waals surface area contributed by atoms with Gasteiger partial charge in [0.1, 0.15) is 5.76 Å². The van der Waals surface area contributed by atoms with Gasteiger partial charge < -0.3 is 10.1 Å². The van der Waals surface area contributed by atoms with Gasteiger partial charge in [-0.15, -0.1) is 34.9 Å². The fraction of sp³-hybridized carbons (Fsp3) is 0.538. The van der Waals surface area contributed by atoms with Gasteiger partial charge in [0.15, 0.2) is 5.78 Å². The monoisotopic (exact) mass is 763 g/mol. The summed E-state index contributed by atoms with van der Waals surface area (Å²) in [6.07, 6.45) is 3.39. The van der Waals surface area contributed by atoms with Gasteiger partial charge in [-0.25, -0.2) is 0 Å². The molecule has 1 N–H and O–H groups in total. The number of rotatable bonds is 9. The SMILES string of the molecule is CC(C)C(C)(C(=O)/C=C(\O)C(C)(C(C)C)C(C)C)C(C)C.Cc1[c-]c(-c2nccc3ccc(C(C)C)cc23)cc(C)c1.[Ir]. The van der Waals surface area contributed by atoms with Crippen molar-refractivity contribution >= 4 is 16.6 Å². The molecule has 3 aromatic rings. The van der Waals surface area contributed by atoms with E-state index in [9.17, 15) is 9.90 Å². The Bertz CT molecular complexity index is 1360. The second-order valence-corrected chi connectivity index (χ2v) is 14.1. The van der Waals surface area contributed by atoms with Crippen LogP contribution in [0.5, 0.6) is 0 Å². The normalized spacial score (nSPS) is 12.7. The minimum absolute atomic E-state index is 0. The van der Waals surface area contributed by atoms with Crippen LogP contribution in [0.3, 0.4) is 0 Å². The number of pyridine rings is 1. The minimum atomic E-state index is -0.442. The molecule has 0 unspecified atom stereocenters. The molecule has 3 rings (SSSR count). The molecule has 1 heterocycles. The smallest absolute Gasteiger partial charge is 0.165 e. The van der Waals surface area contributed by atoms with Gasteiger partial charge in [-0.05, 0) is 57.7 Å². The maximum Gasteiger partial charge on any atom is 0.165 e. The van der Waals surface area contributed by atoms with Crippen LogP contribution in [-0.2, 0) is 24.9 Å². The molecule has 0 amide bonds. The Balaban J connectivity index is 0.000000420. The molecule has 1 aromatic heterocycles. The molecule has 0 fully saturated rings. The Morgan fingerprint density at radius 3 is 1.81 bits per heavy atom. The minimum Gasteiger partial charge on any atom is -0.512 e. The quantitative estimate of drug-likeness (QED) is 0.134. The standard InChI is InChI=1S/C20H20N.C19H36O2.Ir/c1-13(2)17-6-5-16-7-8-21-20(19(16)12-17)18-10-14(3)9-15(4)11-18;1-12(2)18(9,13(3)4)16(20)11-17(21)19(10,14(5)6)15(7)8;/h5-10,12-13H,1-4H3;11-15,20H,1-10H3;/q-1;;/b;16-11-;. The Labute approximate surface area is 276 Å². The molecular weight excluding hydrogens is 707 g/mol. The summed E-state index contributed by atoms with van der Waals surface area (Å²) in [5.74, 6) is 1.79. The van der Waals surface area contributed by atoms with Crippen molar-refractivity contribution in [2.45, 2.75) is 103 Å². The number of allylic oxidation sites excluding steroid dienone is 2. The molecule has 43 heavy (non-hydrogen) atoms. The number of benzene rings is 2. The Kier molecular flexibility index (Phi) is 14.1. The van der Waals surface area contributed by atoms with Gasteiger partial charge in [-0.1, -0.05) is 115 Å². The first-order chi connectivity index (χ1) is 19.4. The summed E-state index contributed by atoms with van der Waals surface area (Å²) >= 11 is 0. The predicted octanol–water partition coefficient (Wildman–Crippen LogP) is 11.1. The van der Waals surface area contributed by atoms with Gasteiger partial charge in [0, 0.05) is 43.2 Å². The Morgan fingerprint density at radius 1 is 0.814 bits per heavy atom. The molecule has 3 nitrogen and oxygen atoms in total. The van der Waals surface area contributed by atoms with Crippen molar-refractivity contribution in [2.75, 3.05) is 0 Å². The number of carbonyl (C=O) groups excluding carboxylic acids is 1. The summed E-state index contributed by atoms with van der Waals surface area (Å²) in [7, 11) is 0. The third kappa shape index (κ3) is 8.67. The molecule has 0 spiro atoms. The first kappa shape index (κ1) is 38.7. The van der Waals surface area contributed by atoms with E-state index in [2.05, 4.69) is 131 Å². The first-order valence-electron chi connectivity index (χ1n) is 15.7. The summed E-state index contributed by atoms with van der Waals surface area (Å²) in [5, 5.41) is 13.1. The first-order valence-corrected chi connectivity index (χ1v) is 15.7. The fourth-order valence-electron chi connectivity index (χ4n) is 5.71. The summed E-state index contributed by atoms with van der Waals surface area (Å²) < 4.78 is 0. The topological polar surface area (TPSA) is 50.2 Å². The number of nitrogens with zero attached hydrogens (tertiary/aromatic N) is 1. The van der Waals surface area contributed by atoms with Gasteiger partial charge >= 0.3 is 0 Å². The van der Waals surface area contributed by atoms with Crippen LogP contribution in [0, 0.1) is 54.4 Å². The van der Waals surface area contributed by atoms with Crippen molar-refractivity contribution in [1.82, 2.24) is 4.98 Å². The largest absolute Gasteiger partial charge is 0.512 e. The molecule has 0 aliphatic carbocycles. The molecule has 4 heteroatoms. The maximum atomic E-state index is 12.8. The van der Waals surface area contributed by atoms with Crippen LogP contribution in [0.25, 0.3) is 22.0 Å². The van der Waals surface area contributed by atoms with Crippen LogP contribution in [0.2, 0.25) is 0 Å². The van der Waals surface area contributed by atoms with E-state index >= 15 is 0 Å². The van der Waals surface area contributed by atoms with Gasteiger partial charge in [0.25, 0.3) is 0 Å². The Hall–Kier alpha value is -2.29. The number of hydrogen-bond acceptors (Lipinski definition) is 3. The van der Waals surface area contributed by atoms with Gasteiger partial charge in [0.2, 0.25) is 0 Å². The van der Waals surface area contributed by atoms with Crippen molar-refractivity contribution in [3.05, 3.63) is 77.2 Å². The third-order valence-corrected chi connectivity index (χ3v) is 10.0. The van der Waals surface area contributed by atoms with Crippen molar-refractivity contribution in [1.29, 1.82) is 0 Å². The predicted molar refractivity (Wildman–Crippen MR) is 181 cm³/mol. The summed E-state index contributed by atoms with van der Waals surface area (Å²) in [4.78, 5) is 17.4. The van der Waals surface area contributed by atoms with Gasteiger partial charge in [-0.2, -0.15) is 0 Å². The molecule has 0 saturated carbocycles. The fourth-order valence-corrected chi connectivity index (χ4v) is 5.71. The van der Waals surface area contributed by atoms with Crippen LogP contribution in [0.1, 0.15) is 106 Å².